The maximum atomic E-state index is 13.5. The minimum absolute atomic E-state index is 0.0403. The summed E-state index contributed by atoms with van der Waals surface area (Å²) >= 11 is 0. The third-order valence-electron chi connectivity index (χ3n) is 13.3. The van der Waals surface area contributed by atoms with E-state index in [1.54, 1.807) is 46.7 Å². The van der Waals surface area contributed by atoms with E-state index in [4.69, 9.17) is 47.4 Å². The molecule has 0 aromatic rings. The minimum atomic E-state index is -1.50. The van der Waals surface area contributed by atoms with Gasteiger partial charge in [-0.1, -0.05) is 38.2 Å². The standard InChI is InChI=1S/C49H82N2O16/c1-14-18-38(54)65-47-32(6)61-41(27-49(47,8)57)66-44-31(5)62-48(43(56)42(44)51(11)12)67-45-34(23-24-52)25-28(2)36(64-40-22-21-35(50(9)10)30(4)60-40)20-17-15-16-19-29(3)59-39(55)26-37(46(45)58-13)63-33(7)53/h15-17,20,24,28-32,34-37,40-48,56-57H,14,18-19,21-23,25-27H2,1-13H3/b16-15+,20-17+/t28-,29-,30-,31-,32+,34?,35+,36+,37?,40+,41+,42-,43-,44-,45+,46+,47+,48+,49-/m1/s1. The summed E-state index contributed by atoms with van der Waals surface area (Å²) in [6.07, 6.45) is -1.11. The van der Waals surface area contributed by atoms with Crippen LogP contribution in [-0.2, 0) is 66.5 Å². The average molecular weight is 955 g/mol. The maximum absolute atomic E-state index is 13.5. The quantitative estimate of drug-likeness (QED) is 0.134. The largest absolute Gasteiger partial charge is 0.462 e. The van der Waals surface area contributed by atoms with Crippen molar-refractivity contribution in [3.63, 3.8) is 0 Å². The predicted molar refractivity (Wildman–Crippen MR) is 245 cm³/mol. The summed E-state index contributed by atoms with van der Waals surface area (Å²) in [5.74, 6) is -2.69. The number of nitrogens with zero attached hydrogens (tertiary/aromatic N) is 2. The summed E-state index contributed by atoms with van der Waals surface area (Å²) in [5, 5.41) is 23.8. The second-order valence-corrected chi connectivity index (χ2v) is 19.6. The Morgan fingerprint density at radius 3 is 2.19 bits per heavy atom. The molecular formula is C49H82N2O16. The van der Waals surface area contributed by atoms with Gasteiger partial charge in [-0.15, -0.1) is 0 Å². The molecule has 4 rings (SSSR count). The Morgan fingerprint density at radius 1 is 0.896 bits per heavy atom. The van der Waals surface area contributed by atoms with Gasteiger partial charge in [-0.25, -0.2) is 0 Å². The lowest BCUT2D eigenvalue weighted by molar-refractivity contribution is -0.344. The van der Waals surface area contributed by atoms with Gasteiger partial charge in [-0.05, 0) is 100 Å². The van der Waals surface area contributed by atoms with Crippen LogP contribution >= 0.6 is 0 Å². The minimum Gasteiger partial charge on any atom is -0.462 e. The SMILES string of the molecule is CCCC(=O)O[C@H]1[C@H](C)O[C@@H](O[C@H]2[C@H](N(C)C)[C@@H](O)[C@H](O[C@H]3C(CC=O)C[C@@H](C)[C@@H](O[C@H]4CC[C@H](N(C)C)[C@@H](C)O4)/C=C/C=C/C[C@@H](C)OC(=O)CC(OC(C)=O)[C@@H]3OC)O[C@@H]2C)C[C@@]1(C)O. The molecule has 18 heteroatoms. The Bertz CT molecular complexity index is 1630. The second-order valence-electron chi connectivity index (χ2n) is 19.6. The highest BCUT2D eigenvalue weighted by molar-refractivity contribution is 5.72. The van der Waals surface area contributed by atoms with E-state index >= 15 is 0 Å². The smallest absolute Gasteiger partial charge is 0.309 e. The molecule has 0 bridgehead atoms. The van der Waals surface area contributed by atoms with E-state index in [2.05, 4.69) is 4.90 Å². The third-order valence-corrected chi connectivity index (χ3v) is 13.3. The lowest BCUT2D eigenvalue weighted by Crippen LogP contribution is -2.66. The summed E-state index contributed by atoms with van der Waals surface area (Å²) in [7, 11) is 9.01. The summed E-state index contributed by atoms with van der Waals surface area (Å²) in [4.78, 5) is 55.3. The first kappa shape index (κ1) is 56.7. The highest BCUT2D eigenvalue weighted by Crippen LogP contribution is 2.38. The van der Waals surface area contributed by atoms with Crippen molar-refractivity contribution in [2.24, 2.45) is 11.8 Å². The number of aliphatic hydroxyl groups excluding tert-OH is 1. The van der Waals surface area contributed by atoms with Crippen LogP contribution in [0.15, 0.2) is 24.3 Å². The van der Waals surface area contributed by atoms with Gasteiger partial charge in [0, 0.05) is 45.8 Å². The van der Waals surface area contributed by atoms with Crippen molar-refractivity contribution in [1.82, 2.24) is 9.80 Å². The van der Waals surface area contributed by atoms with Gasteiger partial charge in [-0.3, -0.25) is 14.4 Å². The number of aliphatic hydroxyl groups is 2. The van der Waals surface area contributed by atoms with Crippen LogP contribution in [0.1, 0.15) is 113 Å². The van der Waals surface area contributed by atoms with Crippen LogP contribution in [0.4, 0.5) is 0 Å². The van der Waals surface area contributed by atoms with Gasteiger partial charge < -0.3 is 72.2 Å². The Labute approximate surface area is 398 Å². The van der Waals surface area contributed by atoms with Crippen LogP contribution in [0.3, 0.4) is 0 Å². The average Bonchev–Trinajstić information content (AvgIpc) is 3.22. The zero-order valence-electron chi connectivity index (χ0n) is 42.1. The molecule has 384 valence electrons. The van der Waals surface area contributed by atoms with E-state index in [-0.39, 0.29) is 37.3 Å². The Morgan fingerprint density at radius 2 is 1.60 bits per heavy atom. The number of cyclic esters (lactones) is 1. The fraction of sp³-hybridized carbons (Fsp3) is 0.837. The molecule has 0 aromatic heterocycles. The first-order valence-electron chi connectivity index (χ1n) is 24.1. The molecule has 2 N–H and O–H groups in total. The van der Waals surface area contributed by atoms with Crippen molar-refractivity contribution in [3.05, 3.63) is 24.3 Å². The van der Waals surface area contributed by atoms with E-state index in [1.807, 2.05) is 59.2 Å². The van der Waals surface area contributed by atoms with Gasteiger partial charge in [-0.2, -0.15) is 0 Å². The second kappa shape index (κ2) is 26.4. The van der Waals surface area contributed by atoms with Crippen molar-refractivity contribution in [1.29, 1.82) is 0 Å². The molecule has 0 aromatic carbocycles. The number of ether oxygens (including phenoxy) is 10. The lowest BCUT2D eigenvalue weighted by atomic mass is 9.82. The molecule has 2 unspecified atom stereocenters. The molecule has 19 atom stereocenters. The van der Waals surface area contributed by atoms with Crippen LogP contribution in [0.5, 0.6) is 0 Å². The van der Waals surface area contributed by atoms with Gasteiger partial charge in [0.2, 0.25) is 0 Å². The first-order valence-corrected chi connectivity index (χ1v) is 24.1. The van der Waals surface area contributed by atoms with E-state index in [1.165, 1.54) is 14.0 Å². The topological polar surface area (TPSA) is 208 Å². The third kappa shape index (κ3) is 16.1. The number of hydrogen-bond donors (Lipinski definition) is 2. The summed E-state index contributed by atoms with van der Waals surface area (Å²) < 4.78 is 62.5. The Balaban J connectivity index is 1.70. The van der Waals surface area contributed by atoms with Gasteiger partial charge in [0.15, 0.2) is 25.0 Å². The van der Waals surface area contributed by atoms with Crippen molar-refractivity contribution in [3.8, 4) is 0 Å². The molecule has 0 spiro atoms. The molecule has 4 aliphatic rings. The van der Waals surface area contributed by atoms with Crippen molar-refractivity contribution in [2.75, 3.05) is 35.3 Å². The van der Waals surface area contributed by atoms with Gasteiger partial charge >= 0.3 is 17.9 Å². The molecule has 4 heterocycles. The van der Waals surface area contributed by atoms with E-state index in [9.17, 15) is 29.4 Å². The molecule has 0 amide bonds. The van der Waals surface area contributed by atoms with Crippen LogP contribution in [0, 0.1) is 11.8 Å². The summed E-state index contributed by atoms with van der Waals surface area (Å²) in [5.41, 5.74) is -1.50. The normalized spacial score (nSPS) is 41.5. The van der Waals surface area contributed by atoms with Crippen molar-refractivity contribution >= 4 is 24.2 Å². The molecular weight excluding hydrogens is 873 g/mol. The Hall–Kier alpha value is -2.88. The number of aldehydes is 1. The van der Waals surface area contributed by atoms with Crippen LogP contribution < -0.4 is 0 Å². The van der Waals surface area contributed by atoms with Crippen molar-refractivity contribution < 1.29 is 76.8 Å². The van der Waals surface area contributed by atoms with Crippen molar-refractivity contribution in [2.45, 2.75) is 217 Å². The molecule has 0 radical (unpaired) electrons. The summed E-state index contributed by atoms with van der Waals surface area (Å²) in [6.45, 7) is 13.9. The number of hydrogen-bond acceptors (Lipinski definition) is 18. The van der Waals surface area contributed by atoms with Gasteiger partial charge in [0.05, 0.1) is 43.0 Å². The Kier molecular flexibility index (Phi) is 22.3. The highest BCUT2D eigenvalue weighted by Gasteiger charge is 2.53. The number of carbonyl (C=O) groups is 4. The van der Waals surface area contributed by atoms with E-state index < -0.39 is 122 Å². The van der Waals surface area contributed by atoms with Crippen LogP contribution in [0.2, 0.25) is 0 Å². The highest BCUT2D eigenvalue weighted by atomic mass is 16.7. The molecule has 3 saturated heterocycles. The zero-order chi connectivity index (χ0) is 49.7. The fourth-order valence-corrected chi connectivity index (χ4v) is 10.0. The number of carbonyl (C=O) groups excluding carboxylic acids is 4. The molecule has 4 aliphatic heterocycles. The number of allylic oxidation sites excluding steroid dienone is 2. The number of methoxy groups -OCH3 is 1. The predicted octanol–water partition coefficient (Wildman–Crippen LogP) is 4.25. The van der Waals surface area contributed by atoms with Crippen LogP contribution in [0.25, 0.3) is 0 Å². The summed E-state index contributed by atoms with van der Waals surface area (Å²) in [6, 6.07) is -0.546. The van der Waals surface area contributed by atoms with Gasteiger partial charge in [0.25, 0.3) is 0 Å². The monoisotopic (exact) mass is 955 g/mol. The first-order chi connectivity index (χ1) is 31.6. The number of likely N-dealkylation sites (N-methyl/N-ethyl adjacent to an activating group) is 2. The van der Waals surface area contributed by atoms with E-state index in [0.717, 1.165) is 12.7 Å². The number of esters is 3. The zero-order valence-corrected chi connectivity index (χ0v) is 42.1. The molecule has 0 saturated carbocycles. The molecule has 3 fully saturated rings. The lowest BCUT2D eigenvalue weighted by Gasteiger charge is -2.50. The van der Waals surface area contributed by atoms with E-state index in [0.29, 0.717) is 25.7 Å². The van der Waals surface area contributed by atoms with Crippen LogP contribution in [-0.4, -0.2) is 183 Å². The molecule has 67 heavy (non-hydrogen) atoms. The fourth-order valence-electron chi connectivity index (χ4n) is 10.0. The maximum Gasteiger partial charge on any atom is 0.309 e. The molecule has 0 aliphatic carbocycles. The van der Waals surface area contributed by atoms with Gasteiger partial charge in [0.1, 0.15) is 42.4 Å². The number of rotatable bonds is 15. The molecule has 18 nitrogen and oxygen atoms in total.